The van der Waals surface area contributed by atoms with Gasteiger partial charge in [0, 0.05) is 6.42 Å². The van der Waals surface area contributed by atoms with Crippen molar-refractivity contribution in [2.24, 2.45) is 0 Å². The van der Waals surface area contributed by atoms with E-state index in [0.29, 0.717) is 19.3 Å². The highest BCUT2D eigenvalue weighted by Crippen LogP contribution is 2.18. The van der Waals surface area contributed by atoms with Gasteiger partial charge in [-0.25, -0.2) is 0 Å². The fraction of sp³-hybridized carbons (Fsp3) is 0.893. The van der Waals surface area contributed by atoms with Crippen LogP contribution in [0.2, 0.25) is 0 Å². The molecule has 0 radical (unpaired) electrons. The Morgan fingerprint density at radius 1 is 0.468 bits per heavy atom. The number of carbonyl (C=O) groups excluding carboxylic acids is 2. The van der Waals surface area contributed by atoms with Crippen LogP contribution in [-0.4, -0.2) is 46.9 Å². The number of hydrogen-bond donors (Lipinski definition) is 3. The van der Waals surface area contributed by atoms with Crippen molar-refractivity contribution in [2.45, 2.75) is 315 Å². The zero-order valence-electron chi connectivity index (χ0n) is 41.8. The summed E-state index contributed by atoms with van der Waals surface area (Å²) in [6.07, 6.45) is 58.1. The van der Waals surface area contributed by atoms with Gasteiger partial charge in [-0.3, -0.25) is 9.59 Å². The summed E-state index contributed by atoms with van der Waals surface area (Å²) in [7, 11) is 0. The van der Waals surface area contributed by atoms with E-state index in [1.165, 1.54) is 180 Å². The van der Waals surface area contributed by atoms with Crippen molar-refractivity contribution in [3.05, 3.63) is 24.3 Å². The minimum Gasteiger partial charge on any atom is -0.462 e. The number of rotatable bonds is 50. The summed E-state index contributed by atoms with van der Waals surface area (Å²) in [6.45, 7) is 6.48. The highest BCUT2D eigenvalue weighted by Gasteiger charge is 2.24. The number of aliphatic hydroxyl groups is 2. The Labute approximate surface area is 386 Å². The van der Waals surface area contributed by atoms with Gasteiger partial charge >= 0.3 is 5.97 Å². The third-order valence-electron chi connectivity index (χ3n) is 12.8. The Kier molecular flexibility index (Phi) is 49.0. The van der Waals surface area contributed by atoms with E-state index in [2.05, 4.69) is 50.4 Å². The number of amides is 1. The first kappa shape index (κ1) is 60.3. The van der Waals surface area contributed by atoms with Gasteiger partial charge in [-0.05, 0) is 51.4 Å². The maximum atomic E-state index is 13.2. The third kappa shape index (κ3) is 44.9. The van der Waals surface area contributed by atoms with E-state index in [9.17, 15) is 19.8 Å². The summed E-state index contributed by atoms with van der Waals surface area (Å²) < 4.78 is 5.94. The number of hydrogen-bond acceptors (Lipinski definition) is 5. The molecule has 3 atom stereocenters. The van der Waals surface area contributed by atoms with Gasteiger partial charge in [0.05, 0.1) is 25.2 Å². The molecule has 0 fully saturated rings. The number of allylic oxidation sites excluding steroid dienone is 4. The molecule has 0 saturated heterocycles. The molecule has 0 rings (SSSR count). The van der Waals surface area contributed by atoms with E-state index in [0.717, 1.165) is 70.6 Å². The first-order valence-electron chi connectivity index (χ1n) is 27.6. The lowest BCUT2D eigenvalue weighted by Crippen LogP contribution is -2.46. The summed E-state index contributed by atoms with van der Waals surface area (Å²) in [4.78, 5) is 26.2. The normalized spacial score (nSPS) is 13.3. The van der Waals surface area contributed by atoms with Crippen LogP contribution in [-0.2, 0) is 14.3 Å². The topological polar surface area (TPSA) is 95.9 Å². The van der Waals surface area contributed by atoms with Crippen LogP contribution in [0.5, 0.6) is 0 Å². The standard InChI is InChI=1S/C56H107NO5/c1-4-7-10-13-16-19-22-25-27-30-33-36-39-42-45-48-54(59)53(51-58)57-55(60)50-52(47-44-41-38-35-32-29-24-21-18-15-12-9-6-3)62-56(61)49-46-43-40-37-34-31-28-26-23-20-17-14-11-8-5-2/h18,21,24,29,52-54,58-59H,4-17,19-20,22-23,25-28,30-51H2,1-3H3,(H,57,60)/b21-18+,29-24+. The fourth-order valence-corrected chi connectivity index (χ4v) is 8.60. The lowest BCUT2D eigenvalue weighted by atomic mass is 10.0. The molecule has 62 heavy (non-hydrogen) atoms. The SMILES string of the molecule is CCCCC/C=C/C=C/CCCCCCC(CC(=O)NC(CO)C(O)CCCCCCCCCCCCCCCCC)OC(=O)CCCCCCCCCCCCCCCCC. The minimum atomic E-state index is -0.789. The van der Waals surface area contributed by atoms with Crippen LogP contribution < -0.4 is 5.32 Å². The monoisotopic (exact) mass is 874 g/mol. The molecule has 0 aromatic heterocycles. The average molecular weight is 874 g/mol. The molecule has 0 aliphatic carbocycles. The van der Waals surface area contributed by atoms with Crippen LogP contribution in [0, 0.1) is 0 Å². The van der Waals surface area contributed by atoms with Gasteiger partial charge in [0.1, 0.15) is 6.10 Å². The number of carbonyl (C=O) groups is 2. The lowest BCUT2D eigenvalue weighted by Gasteiger charge is -2.24. The zero-order chi connectivity index (χ0) is 45.2. The molecular weight excluding hydrogens is 767 g/mol. The van der Waals surface area contributed by atoms with Crippen LogP contribution in [0.4, 0.5) is 0 Å². The van der Waals surface area contributed by atoms with Crippen LogP contribution in [0.3, 0.4) is 0 Å². The molecule has 0 heterocycles. The summed E-state index contributed by atoms with van der Waals surface area (Å²) >= 11 is 0. The second-order valence-electron chi connectivity index (χ2n) is 19.0. The van der Waals surface area contributed by atoms with Crippen molar-refractivity contribution < 1.29 is 24.5 Å². The molecule has 6 nitrogen and oxygen atoms in total. The number of unbranched alkanes of at least 4 members (excludes halogenated alkanes) is 35. The van der Waals surface area contributed by atoms with E-state index >= 15 is 0 Å². The Hall–Kier alpha value is -1.66. The molecule has 6 heteroatoms. The van der Waals surface area contributed by atoms with E-state index < -0.39 is 18.2 Å². The quantitative estimate of drug-likeness (QED) is 0.0321. The second-order valence-corrected chi connectivity index (χ2v) is 19.0. The highest BCUT2D eigenvalue weighted by atomic mass is 16.5. The first-order valence-corrected chi connectivity index (χ1v) is 27.6. The van der Waals surface area contributed by atoms with Gasteiger partial charge in [0.15, 0.2) is 0 Å². The van der Waals surface area contributed by atoms with Crippen molar-refractivity contribution in [1.82, 2.24) is 5.32 Å². The number of aliphatic hydroxyl groups excluding tert-OH is 2. The molecule has 0 saturated carbocycles. The molecule has 0 aromatic carbocycles. The predicted molar refractivity (Wildman–Crippen MR) is 269 cm³/mol. The van der Waals surface area contributed by atoms with Crippen LogP contribution >= 0.6 is 0 Å². The van der Waals surface area contributed by atoms with E-state index in [4.69, 9.17) is 4.74 Å². The Morgan fingerprint density at radius 3 is 1.23 bits per heavy atom. The van der Waals surface area contributed by atoms with Crippen LogP contribution in [0.1, 0.15) is 297 Å². The molecule has 0 bridgehead atoms. The molecule has 0 spiro atoms. The summed E-state index contributed by atoms with van der Waals surface area (Å²) in [5.41, 5.74) is 0. The van der Waals surface area contributed by atoms with Gasteiger partial charge in [-0.1, -0.05) is 257 Å². The summed E-state index contributed by atoms with van der Waals surface area (Å²) in [5.74, 6) is -0.477. The number of ether oxygens (including phenoxy) is 1. The molecule has 0 aromatic rings. The van der Waals surface area contributed by atoms with Crippen molar-refractivity contribution >= 4 is 11.9 Å². The van der Waals surface area contributed by atoms with Crippen LogP contribution in [0.15, 0.2) is 24.3 Å². The average Bonchev–Trinajstić information content (AvgIpc) is 3.26. The van der Waals surface area contributed by atoms with E-state index in [1.54, 1.807) is 0 Å². The second kappa shape index (κ2) is 50.3. The Balaban J connectivity index is 4.53. The maximum absolute atomic E-state index is 13.2. The van der Waals surface area contributed by atoms with E-state index in [1.807, 2.05) is 0 Å². The molecular formula is C56H107NO5. The predicted octanol–water partition coefficient (Wildman–Crippen LogP) is 16.7. The van der Waals surface area contributed by atoms with Crippen molar-refractivity contribution in [1.29, 1.82) is 0 Å². The molecule has 1 amide bonds. The highest BCUT2D eigenvalue weighted by molar-refractivity contribution is 5.77. The van der Waals surface area contributed by atoms with Crippen LogP contribution in [0.25, 0.3) is 0 Å². The van der Waals surface area contributed by atoms with E-state index in [-0.39, 0.29) is 24.9 Å². The van der Waals surface area contributed by atoms with Gasteiger partial charge in [0.25, 0.3) is 0 Å². The van der Waals surface area contributed by atoms with Crippen molar-refractivity contribution in [3.63, 3.8) is 0 Å². The Morgan fingerprint density at radius 2 is 0.806 bits per heavy atom. The number of esters is 1. The number of nitrogens with one attached hydrogen (secondary N) is 1. The largest absolute Gasteiger partial charge is 0.462 e. The summed E-state index contributed by atoms with van der Waals surface area (Å²) in [6, 6.07) is -0.704. The smallest absolute Gasteiger partial charge is 0.306 e. The molecule has 3 unspecified atom stereocenters. The molecule has 366 valence electrons. The summed E-state index contributed by atoms with van der Waals surface area (Å²) in [5, 5.41) is 23.8. The molecule has 0 aliphatic heterocycles. The third-order valence-corrected chi connectivity index (χ3v) is 12.8. The van der Waals surface area contributed by atoms with Crippen molar-refractivity contribution in [3.8, 4) is 0 Å². The van der Waals surface area contributed by atoms with Crippen molar-refractivity contribution in [2.75, 3.05) is 6.61 Å². The maximum Gasteiger partial charge on any atom is 0.306 e. The first-order chi connectivity index (χ1) is 30.5. The lowest BCUT2D eigenvalue weighted by molar-refractivity contribution is -0.151. The molecule has 3 N–H and O–H groups in total. The Bertz CT molecular complexity index is 981. The zero-order valence-corrected chi connectivity index (χ0v) is 41.8. The fourth-order valence-electron chi connectivity index (χ4n) is 8.60. The van der Waals surface area contributed by atoms with Gasteiger partial charge < -0.3 is 20.3 Å². The minimum absolute atomic E-state index is 0.0695. The van der Waals surface area contributed by atoms with Gasteiger partial charge in [-0.15, -0.1) is 0 Å². The van der Waals surface area contributed by atoms with Gasteiger partial charge in [-0.2, -0.15) is 0 Å². The molecule has 0 aliphatic rings. The van der Waals surface area contributed by atoms with Gasteiger partial charge in [0.2, 0.25) is 5.91 Å².